The van der Waals surface area contributed by atoms with Crippen LogP contribution in [0, 0.1) is 0 Å². The van der Waals surface area contributed by atoms with E-state index in [9.17, 15) is 9.59 Å². The highest BCUT2D eigenvalue weighted by Crippen LogP contribution is 2.32. The van der Waals surface area contributed by atoms with Crippen molar-refractivity contribution in [1.29, 1.82) is 0 Å². The SMILES string of the molecule is C=C(C)Cn1c(SCC(=O)c2cccs2)nc2sc3c(c2c1=O)CCNC3. The summed E-state index contributed by atoms with van der Waals surface area (Å²) < 4.78 is 1.67. The third-order valence-electron chi connectivity index (χ3n) is 4.35. The summed E-state index contributed by atoms with van der Waals surface area (Å²) in [5, 5.41) is 6.57. The molecule has 5 nitrogen and oxygen atoms in total. The van der Waals surface area contributed by atoms with E-state index in [2.05, 4.69) is 11.9 Å². The van der Waals surface area contributed by atoms with Crippen molar-refractivity contribution in [3.05, 3.63) is 55.3 Å². The Labute approximate surface area is 169 Å². The number of ketones is 1. The molecule has 0 unspecified atom stereocenters. The van der Waals surface area contributed by atoms with E-state index in [-0.39, 0.29) is 17.1 Å². The minimum atomic E-state index is -0.0199. The molecule has 0 spiro atoms. The monoisotopic (exact) mass is 417 g/mol. The summed E-state index contributed by atoms with van der Waals surface area (Å²) in [6.45, 7) is 7.94. The second-order valence-electron chi connectivity index (χ2n) is 6.54. The van der Waals surface area contributed by atoms with E-state index in [1.54, 1.807) is 15.9 Å². The van der Waals surface area contributed by atoms with Crippen LogP contribution in [-0.2, 0) is 19.5 Å². The Morgan fingerprint density at radius 2 is 2.33 bits per heavy atom. The predicted molar refractivity (Wildman–Crippen MR) is 113 cm³/mol. The highest BCUT2D eigenvalue weighted by molar-refractivity contribution is 7.99. The highest BCUT2D eigenvalue weighted by atomic mass is 32.2. The molecule has 8 heteroatoms. The van der Waals surface area contributed by atoms with E-state index in [4.69, 9.17) is 4.98 Å². The zero-order valence-corrected chi connectivity index (χ0v) is 17.4. The lowest BCUT2D eigenvalue weighted by atomic mass is 10.1. The zero-order chi connectivity index (χ0) is 19.0. The molecule has 1 aliphatic heterocycles. The van der Waals surface area contributed by atoms with Crippen molar-refractivity contribution in [1.82, 2.24) is 14.9 Å². The first kappa shape index (κ1) is 18.6. The van der Waals surface area contributed by atoms with Gasteiger partial charge >= 0.3 is 0 Å². The third kappa shape index (κ3) is 3.67. The van der Waals surface area contributed by atoms with Gasteiger partial charge in [0.2, 0.25) is 0 Å². The fourth-order valence-corrected chi connectivity index (χ4v) is 6.01. The van der Waals surface area contributed by atoms with Gasteiger partial charge in [-0.05, 0) is 36.9 Å². The molecule has 0 aromatic carbocycles. The Morgan fingerprint density at radius 3 is 3.07 bits per heavy atom. The summed E-state index contributed by atoms with van der Waals surface area (Å²) in [4.78, 5) is 33.1. The van der Waals surface area contributed by atoms with E-state index in [1.807, 2.05) is 24.4 Å². The number of fused-ring (bicyclic) bond motifs is 3. The smallest absolute Gasteiger partial charge is 0.263 e. The molecule has 0 fully saturated rings. The summed E-state index contributed by atoms with van der Waals surface area (Å²) in [5.74, 6) is 0.322. The summed E-state index contributed by atoms with van der Waals surface area (Å²) in [6, 6.07) is 3.69. The maximum atomic E-state index is 13.3. The molecule has 0 saturated carbocycles. The topological polar surface area (TPSA) is 64.0 Å². The number of nitrogens with zero attached hydrogens (tertiary/aromatic N) is 2. The van der Waals surface area contributed by atoms with Gasteiger partial charge in [-0.1, -0.05) is 30.0 Å². The number of Topliss-reactive ketones (excluding diaryl/α,β-unsaturated/α-hetero) is 1. The maximum absolute atomic E-state index is 13.3. The van der Waals surface area contributed by atoms with E-state index < -0.39 is 0 Å². The molecule has 27 heavy (non-hydrogen) atoms. The van der Waals surface area contributed by atoms with Gasteiger partial charge in [0.15, 0.2) is 10.9 Å². The Bertz CT molecular complexity index is 1080. The first-order valence-corrected chi connectivity index (χ1v) is 11.3. The van der Waals surface area contributed by atoms with Gasteiger partial charge in [0.25, 0.3) is 5.56 Å². The molecule has 4 rings (SSSR count). The van der Waals surface area contributed by atoms with Crippen molar-refractivity contribution in [2.45, 2.75) is 31.6 Å². The fourth-order valence-electron chi connectivity index (χ4n) is 3.15. The largest absolute Gasteiger partial charge is 0.312 e. The van der Waals surface area contributed by atoms with Crippen molar-refractivity contribution in [3.8, 4) is 0 Å². The van der Waals surface area contributed by atoms with Gasteiger partial charge in [-0.3, -0.25) is 14.2 Å². The van der Waals surface area contributed by atoms with Crippen molar-refractivity contribution in [3.63, 3.8) is 0 Å². The first-order chi connectivity index (χ1) is 13.0. The van der Waals surface area contributed by atoms with Gasteiger partial charge in [0.1, 0.15) is 4.83 Å². The molecule has 0 atom stereocenters. The minimum Gasteiger partial charge on any atom is -0.312 e. The van der Waals surface area contributed by atoms with Crippen LogP contribution >= 0.6 is 34.4 Å². The zero-order valence-electron chi connectivity index (χ0n) is 14.9. The number of thiophene rings is 2. The van der Waals surface area contributed by atoms with Crippen molar-refractivity contribution >= 4 is 50.4 Å². The molecule has 4 heterocycles. The Hall–Kier alpha value is -1.74. The van der Waals surface area contributed by atoms with Gasteiger partial charge in [0.05, 0.1) is 16.0 Å². The van der Waals surface area contributed by atoms with Crippen LogP contribution in [0.2, 0.25) is 0 Å². The van der Waals surface area contributed by atoms with E-state index in [0.29, 0.717) is 11.7 Å². The van der Waals surface area contributed by atoms with Crippen LogP contribution in [0.15, 0.2) is 39.6 Å². The second kappa shape index (κ2) is 7.71. The standard InChI is InChI=1S/C19H19N3O2S3/c1-11(2)9-22-18(24)16-12-5-6-20-8-15(12)27-17(16)21-19(22)26-10-13(23)14-4-3-7-25-14/h3-4,7,20H,1,5-6,8-10H2,2H3. The fraction of sp³-hybridized carbons (Fsp3) is 0.316. The van der Waals surface area contributed by atoms with Gasteiger partial charge in [-0.2, -0.15) is 0 Å². The number of rotatable bonds is 6. The predicted octanol–water partition coefficient (Wildman–Crippen LogP) is 3.72. The van der Waals surface area contributed by atoms with Gasteiger partial charge in [-0.15, -0.1) is 22.7 Å². The normalized spacial score (nSPS) is 13.7. The Balaban J connectivity index is 1.75. The molecule has 0 aliphatic carbocycles. The molecular formula is C19H19N3O2S3. The average Bonchev–Trinajstić information content (AvgIpc) is 3.29. The van der Waals surface area contributed by atoms with Crippen LogP contribution in [0.1, 0.15) is 27.0 Å². The number of hydrogen-bond acceptors (Lipinski definition) is 7. The molecule has 0 bridgehead atoms. The lowest BCUT2D eigenvalue weighted by molar-refractivity contribution is 0.102. The molecule has 140 valence electrons. The number of carbonyl (C=O) groups excluding carboxylic acids is 1. The number of aromatic nitrogens is 2. The molecule has 0 saturated heterocycles. The number of thioether (sulfide) groups is 1. The number of nitrogens with one attached hydrogen (secondary N) is 1. The van der Waals surface area contributed by atoms with Crippen LogP contribution in [0.3, 0.4) is 0 Å². The Morgan fingerprint density at radius 1 is 1.48 bits per heavy atom. The number of allylic oxidation sites excluding steroid dienone is 1. The molecule has 0 amide bonds. The summed E-state index contributed by atoms with van der Waals surface area (Å²) >= 11 is 4.35. The molecule has 3 aromatic rings. The first-order valence-electron chi connectivity index (χ1n) is 8.64. The second-order valence-corrected chi connectivity index (χ2v) is 9.52. The summed E-state index contributed by atoms with van der Waals surface area (Å²) in [5.41, 5.74) is 2.00. The molecule has 3 aromatic heterocycles. The third-order valence-corrected chi connectivity index (χ3v) is 7.37. The van der Waals surface area contributed by atoms with E-state index >= 15 is 0 Å². The van der Waals surface area contributed by atoms with Gasteiger partial charge < -0.3 is 5.32 Å². The molecule has 0 radical (unpaired) electrons. The highest BCUT2D eigenvalue weighted by Gasteiger charge is 2.22. The van der Waals surface area contributed by atoms with Crippen molar-refractivity contribution in [2.24, 2.45) is 0 Å². The number of carbonyl (C=O) groups is 1. The number of hydrogen-bond donors (Lipinski definition) is 1. The van der Waals surface area contributed by atoms with Crippen LogP contribution < -0.4 is 10.9 Å². The van der Waals surface area contributed by atoms with Crippen LogP contribution in [0.4, 0.5) is 0 Å². The van der Waals surface area contributed by atoms with E-state index in [1.165, 1.54) is 28.0 Å². The van der Waals surface area contributed by atoms with Gasteiger partial charge in [-0.25, -0.2) is 4.98 Å². The van der Waals surface area contributed by atoms with Gasteiger partial charge in [0, 0.05) is 18.0 Å². The van der Waals surface area contributed by atoms with Crippen LogP contribution in [0.5, 0.6) is 0 Å². The van der Waals surface area contributed by atoms with Crippen molar-refractivity contribution < 1.29 is 4.79 Å². The molecule has 1 aliphatic rings. The molecule has 1 N–H and O–H groups in total. The summed E-state index contributed by atoms with van der Waals surface area (Å²) in [7, 11) is 0. The quantitative estimate of drug-likeness (QED) is 0.287. The summed E-state index contributed by atoms with van der Waals surface area (Å²) in [6.07, 6.45) is 0.850. The van der Waals surface area contributed by atoms with Crippen LogP contribution in [-0.4, -0.2) is 27.6 Å². The van der Waals surface area contributed by atoms with Crippen molar-refractivity contribution in [2.75, 3.05) is 12.3 Å². The maximum Gasteiger partial charge on any atom is 0.263 e. The van der Waals surface area contributed by atoms with E-state index in [0.717, 1.165) is 45.7 Å². The minimum absolute atomic E-state index is 0.0199. The molecular weight excluding hydrogens is 398 g/mol. The Kier molecular flexibility index (Phi) is 5.32. The average molecular weight is 418 g/mol. The lowest BCUT2D eigenvalue weighted by Gasteiger charge is -2.14. The van der Waals surface area contributed by atoms with Crippen LogP contribution in [0.25, 0.3) is 10.2 Å². The lowest BCUT2D eigenvalue weighted by Crippen LogP contribution is -2.26.